The summed E-state index contributed by atoms with van der Waals surface area (Å²) in [4.78, 5) is 12.4. The molecule has 0 bridgehead atoms. The van der Waals surface area contributed by atoms with Crippen molar-refractivity contribution in [3.63, 3.8) is 0 Å². The molecule has 2 rings (SSSR count). The molecular weight excluding hydrogens is 256 g/mol. The van der Waals surface area contributed by atoms with Gasteiger partial charge in [0.05, 0.1) is 13.5 Å². The summed E-state index contributed by atoms with van der Waals surface area (Å²) in [6, 6.07) is 0. The zero-order valence-electron chi connectivity index (χ0n) is 12.4. The highest BCUT2D eigenvalue weighted by atomic mass is 28.3. The van der Waals surface area contributed by atoms with Crippen LogP contribution in [0.25, 0.3) is 0 Å². The van der Waals surface area contributed by atoms with Crippen LogP contribution in [0.2, 0.25) is 39.3 Å². The van der Waals surface area contributed by atoms with Gasteiger partial charge >= 0.3 is 5.63 Å². The summed E-state index contributed by atoms with van der Waals surface area (Å²) in [5.74, 6) is 0. The molecule has 18 heavy (non-hydrogen) atoms. The lowest BCUT2D eigenvalue weighted by atomic mass is 10.2. The molecule has 1 aliphatic rings. The van der Waals surface area contributed by atoms with Crippen molar-refractivity contribution in [2.75, 3.05) is 0 Å². The zero-order chi connectivity index (χ0) is 13.7. The first-order valence-corrected chi connectivity index (χ1v) is 13.8. The number of hydrogen-bond donors (Lipinski definition) is 0. The highest BCUT2D eigenvalue weighted by Gasteiger charge is 2.34. The Kier molecular flexibility index (Phi) is 3.22. The molecule has 0 saturated heterocycles. The van der Waals surface area contributed by atoms with Gasteiger partial charge in [0, 0.05) is 5.19 Å². The Labute approximate surface area is 111 Å². The fourth-order valence-corrected chi connectivity index (χ4v) is 6.39. The Morgan fingerprint density at radius 2 is 1.44 bits per heavy atom. The van der Waals surface area contributed by atoms with Crippen LogP contribution in [-0.4, -0.2) is 16.1 Å². The van der Waals surface area contributed by atoms with Gasteiger partial charge in [-0.2, -0.15) is 0 Å². The van der Waals surface area contributed by atoms with E-state index in [1.54, 1.807) is 0 Å². The van der Waals surface area contributed by atoms with E-state index in [2.05, 4.69) is 39.3 Å². The molecular formula is C14H24O2Si2. The Hall–Kier alpha value is -0.616. The SMILES string of the molecule is C[Si](C)(C)c1oc(=O)c([Si](C)(C)C)c2c1CCC2. The fraction of sp³-hybridized carbons (Fsp3) is 0.643. The molecule has 0 amide bonds. The van der Waals surface area contributed by atoms with Crippen LogP contribution >= 0.6 is 0 Å². The maximum Gasteiger partial charge on any atom is 0.334 e. The third-order valence-corrected chi connectivity index (χ3v) is 7.40. The molecule has 1 aromatic heterocycles. The van der Waals surface area contributed by atoms with Gasteiger partial charge in [-0.15, -0.1) is 0 Å². The van der Waals surface area contributed by atoms with Crippen LogP contribution in [0.15, 0.2) is 9.21 Å². The summed E-state index contributed by atoms with van der Waals surface area (Å²) in [6.07, 6.45) is 3.37. The van der Waals surface area contributed by atoms with Gasteiger partial charge in [0.2, 0.25) is 0 Å². The normalized spacial score (nSPS) is 15.9. The molecule has 0 N–H and O–H groups in total. The van der Waals surface area contributed by atoms with Crippen molar-refractivity contribution in [1.29, 1.82) is 0 Å². The Balaban J connectivity index is 2.78. The molecule has 0 atom stereocenters. The lowest BCUT2D eigenvalue weighted by Gasteiger charge is -2.23. The van der Waals surface area contributed by atoms with Crippen molar-refractivity contribution in [2.45, 2.75) is 58.5 Å². The lowest BCUT2D eigenvalue weighted by molar-refractivity contribution is 0.540. The minimum Gasteiger partial charge on any atom is -0.433 e. The van der Waals surface area contributed by atoms with Crippen molar-refractivity contribution in [2.24, 2.45) is 0 Å². The van der Waals surface area contributed by atoms with Crippen molar-refractivity contribution < 1.29 is 4.42 Å². The molecule has 1 heterocycles. The summed E-state index contributed by atoms with van der Waals surface area (Å²) in [5, 5.41) is 2.11. The summed E-state index contributed by atoms with van der Waals surface area (Å²) in [5.41, 5.74) is 2.72. The zero-order valence-corrected chi connectivity index (χ0v) is 14.4. The van der Waals surface area contributed by atoms with E-state index in [1.165, 1.54) is 17.5 Å². The van der Waals surface area contributed by atoms with Crippen LogP contribution in [0.4, 0.5) is 0 Å². The largest absolute Gasteiger partial charge is 0.433 e. The Bertz CT molecular complexity index is 530. The maximum absolute atomic E-state index is 12.4. The molecule has 0 spiro atoms. The fourth-order valence-electron chi connectivity index (χ4n) is 2.96. The minimum absolute atomic E-state index is 0.0350. The molecule has 100 valence electrons. The van der Waals surface area contributed by atoms with Crippen LogP contribution in [0.3, 0.4) is 0 Å². The standard InChI is InChI=1S/C14H24O2Si2/c1-17(2,3)12-10-8-7-9-11(10)14(16-13(12)15)18(4,5)6/h7-9H2,1-6H3. The predicted octanol–water partition coefficient (Wildman–Crippen LogP) is 2.22. The molecule has 1 aliphatic carbocycles. The van der Waals surface area contributed by atoms with Gasteiger partial charge in [0.15, 0.2) is 0 Å². The Morgan fingerprint density at radius 3 is 1.94 bits per heavy atom. The topological polar surface area (TPSA) is 30.2 Å². The van der Waals surface area contributed by atoms with Crippen LogP contribution in [0.5, 0.6) is 0 Å². The van der Waals surface area contributed by atoms with E-state index in [0.717, 1.165) is 23.4 Å². The van der Waals surface area contributed by atoms with E-state index in [4.69, 9.17) is 4.42 Å². The monoisotopic (exact) mass is 280 g/mol. The quantitative estimate of drug-likeness (QED) is 0.778. The second-order valence-corrected chi connectivity index (χ2v) is 17.4. The number of rotatable bonds is 2. The highest BCUT2D eigenvalue weighted by molar-refractivity contribution is 6.90. The summed E-state index contributed by atoms with van der Waals surface area (Å²) in [6.45, 7) is 13.5. The van der Waals surface area contributed by atoms with Gasteiger partial charge < -0.3 is 4.42 Å². The first kappa shape index (κ1) is 13.8. The molecule has 2 nitrogen and oxygen atoms in total. The average Bonchev–Trinajstić information content (AvgIpc) is 2.60. The van der Waals surface area contributed by atoms with Crippen molar-refractivity contribution in [3.05, 3.63) is 21.5 Å². The molecule has 0 unspecified atom stereocenters. The van der Waals surface area contributed by atoms with Crippen molar-refractivity contribution in [1.82, 2.24) is 0 Å². The summed E-state index contributed by atoms with van der Waals surface area (Å²) in [7, 11) is -3.16. The van der Waals surface area contributed by atoms with Gasteiger partial charge in [0.1, 0.15) is 8.07 Å². The molecule has 0 saturated carbocycles. The smallest absolute Gasteiger partial charge is 0.334 e. The molecule has 0 radical (unpaired) electrons. The first-order chi connectivity index (χ1) is 8.12. The highest BCUT2D eigenvalue weighted by Crippen LogP contribution is 2.22. The Morgan fingerprint density at radius 1 is 0.889 bits per heavy atom. The van der Waals surface area contributed by atoms with Crippen LogP contribution in [-0.2, 0) is 12.8 Å². The van der Waals surface area contributed by atoms with Gasteiger partial charge in [-0.05, 0) is 30.4 Å². The van der Waals surface area contributed by atoms with E-state index in [0.29, 0.717) is 0 Å². The third-order valence-electron chi connectivity index (χ3n) is 3.62. The maximum atomic E-state index is 12.4. The van der Waals surface area contributed by atoms with Crippen molar-refractivity contribution in [3.8, 4) is 0 Å². The predicted molar refractivity (Wildman–Crippen MR) is 83.0 cm³/mol. The summed E-state index contributed by atoms with van der Waals surface area (Å²) >= 11 is 0. The molecule has 0 aromatic carbocycles. The lowest BCUT2D eigenvalue weighted by Crippen LogP contribution is -2.53. The number of hydrogen-bond acceptors (Lipinski definition) is 2. The first-order valence-electron chi connectivity index (χ1n) is 6.82. The van der Waals surface area contributed by atoms with Crippen LogP contribution in [0, 0.1) is 0 Å². The van der Waals surface area contributed by atoms with E-state index in [9.17, 15) is 4.79 Å². The van der Waals surface area contributed by atoms with E-state index in [-0.39, 0.29) is 5.63 Å². The molecule has 1 aromatic rings. The van der Waals surface area contributed by atoms with E-state index < -0.39 is 16.1 Å². The van der Waals surface area contributed by atoms with Crippen LogP contribution in [0.1, 0.15) is 17.5 Å². The van der Waals surface area contributed by atoms with E-state index >= 15 is 0 Å². The van der Waals surface area contributed by atoms with Crippen LogP contribution < -0.4 is 16.2 Å². The van der Waals surface area contributed by atoms with Gasteiger partial charge in [0.25, 0.3) is 0 Å². The van der Waals surface area contributed by atoms with Gasteiger partial charge in [-0.1, -0.05) is 39.3 Å². The third kappa shape index (κ3) is 2.28. The second-order valence-electron chi connectivity index (χ2n) is 7.40. The molecule has 0 aliphatic heterocycles. The number of fused-ring (bicyclic) bond motifs is 1. The molecule has 0 fully saturated rings. The van der Waals surface area contributed by atoms with Gasteiger partial charge in [-0.25, -0.2) is 4.79 Å². The second kappa shape index (κ2) is 4.20. The minimum atomic E-state index is -1.61. The van der Waals surface area contributed by atoms with Crippen molar-refractivity contribution >= 4 is 26.7 Å². The molecule has 4 heteroatoms. The average molecular weight is 281 g/mol. The summed E-state index contributed by atoms with van der Waals surface area (Å²) < 4.78 is 5.78. The van der Waals surface area contributed by atoms with E-state index in [1.807, 2.05) is 0 Å². The van der Waals surface area contributed by atoms with Gasteiger partial charge in [-0.3, -0.25) is 0 Å².